The van der Waals surface area contributed by atoms with Gasteiger partial charge in [-0.25, -0.2) is 0 Å². The lowest BCUT2D eigenvalue weighted by Gasteiger charge is -2.02. The fourth-order valence-corrected chi connectivity index (χ4v) is 1.72. The first-order valence-electron chi connectivity index (χ1n) is 5.52. The van der Waals surface area contributed by atoms with E-state index in [4.69, 9.17) is 10.2 Å². The smallest absolute Gasteiger partial charge is 0.134 e. The molecule has 0 bridgehead atoms. The molecule has 1 aromatic heterocycles. The van der Waals surface area contributed by atoms with E-state index >= 15 is 0 Å². The second-order valence-corrected chi connectivity index (χ2v) is 3.89. The van der Waals surface area contributed by atoms with Gasteiger partial charge < -0.3 is 10.2 Å². The van der Waals surface area contributed by atoms with Crippen LogP contribution in [-0.2, 0) is 6.42 Å². The van der Waals surface area contributed by atoms with Crippen molar-refractivity contribution in [1.29, 1.82) is 0 Å². The lowest BCUT2D eigenvalue weighted by atomic mass is 10.1. The van der Waals surface area contributed by atoms with Crippen LogP contribution in [0.2, 0.25) is 0 Å². The number of aryl methyl sites for hydroxylation is 1. The van der Waals surface area contributed by atoms with Crippen LogP contribution < -0.4 is 5.73 Å². The van der Waals surface area contributed by atoms with Crippen molar-refractivity contribution in [2.75, 3.05) is 0 Å². The molecule has 0 amide bonds. The van der Waals surface area contributed by atoms with Crippen molar-refractivity contribution in [2.24, 2.45) is 5.73 Å². The lowest BCUT2D eigenvalue weighted by Crippen LogP contribution is -2.06. The summed E-state index contributed by atoms with van der Waals surface area (Å²) < 4.78 is 5.70. The van der Waals surface area contributed by atoms with Gasteiger partial charge in [0.2, 0.25) is 0 Å². The van der Waals surface area contributed by atoms with Crippen LogP contribution in [0.5, 0.6) is 0 Å². The first-order chi connectivity index (χ1) is 7.24. The van der Waals surface area contributed by atoms with Gasteiger partial charge in [-0.05, 0) is 36.6 Å². The van der Waals surface area contributed by atoms with Crippen molar-refractivity contribution in [3.05, 3.63) is 35.6 Å². The fraction of sp³-hybridized carbons (Fsp3) is 0.385. The van der Waals surface area contributed by atoms with Crippen molar-refractivity contribution in [3.8, 4) is 0 Å². The molecule has 1 atom stereocenters. The van der Waals surface area contributed by atoms with Gasteiger partial charge in [-0.3, -0.25) is 0 Å². The van der Waals surface area contributed by atoms with Crippen LogP contribution >= 0.6 is 0 Å². The first kappa shape index (κ1) is 10.2. The third kappa shape index (κ3) is 1.90. The van der Waals surface area contributed by atoms with E-state index in [1.165, 1.54) is 5.56 Å². The molecule has 0 fully saturated rings. The van der Waals surface area contributed by atoms with Crippen molar-refractivity contribution in [1.82, 2.24) is 0 Å². The van der Waals surface area contributed by atoms with Gasteiger partial charge in [0.1, 0.15) is 11.3 Å². The SMILES string of the molecule is CCc1ccc2oc(C(N)CC)cc2c1. The largest absolute Gasteiger partial charge is 0.459 e. The van der Waals surface area contributed by atoms with Gasteiger partial charge in [0, 0.05) is 5.39 Å². The quantitative estimate of drug-likeness (QED) is 0.830. The molecule has 80 valence electrons. The number of furan rings is 1. The van der Waals surface area contributed by atoms with Gasteiger partial charge in [0.25, 0.3) is 0 Å². The standard InChI is InChI=1S/C13H17NO/c1-3-9-5-6-12-10(7-9)8-13(15-12)11(14)4-2/h5-8,11H,3-4,14H2,1-2H3. The molecular formula is C13H17NO. The molecule has 1 unspecified atom stereocenters. The Morgan fingerprint density at radius 1 is 1.27 bits per heavy atom. The summed E-state index contributed by atoms with van der Waals surface area (Å²) in [4.78, 5) is 0. The third-order valence-electron chi connectivity index (χ3n) is 2.81. The zero-order chi connectivity index (χ0) is 10.8. The highest BCUT2D eigenvalue weighted by molar-refractivity contribution is 5.78. The maximum atomic E-state index is 5.93. The summed E-state index contributed by atoms with van der Waals surface area (Å²) in [6.07, 6.45) is 1.96. The Morgan fingerprint density at radius 3 is 2.73 bits per heavy atom. The summed E-state index contributed by atoms with van der Waals surface area (Å²) >= 11 is 0. The van der Waals surface area contributed by atoms with Gasteiger partial charge in [-0.15, -0.1) is 0 Å². The zero-order valence-electron chi connectivity index (χ0n) is 9.29. The molecule has 2 heteroatoms. The summed E-state index contributed by atoms with van der Waals surface area (Å²) in [6.45, 7) is 4.22. The van der Waals surface area contributed by atoms with Gasteiger partial charge in [-0.2, -0.15) is 0 Å². The maximum absolute atomic E-state index is 5.93. The predicted octanol–water partition coefficient (Wildman–Crippen LogP) is 3.41. The minimum Gasteiger partial charge on any atom is -0.459 e. The average molecular weight is 203 g/mol. The van der Waals surface area contributed by atoms with Gasteiger partial charge in [0.15, 0.2) is 0 Å². The minimum absolute atomic E-state index is 0.0162. The van der Waals surface area contributed by atoms with Crippen LogP contribution in [0.1, 0.15) is 37.6 Å². The van der Waals surface area contributed by atoms with Crippen LogP contribution in [0.15, 0.2) is 28.7 Å². The molecule has 0 aliphatic rings. The second kappa shape index (κ2) is 4.07. The normalized spacial score (nSPS) is 13.3. The molecular weight excluding hydrogens is 186 g/mol. The van der Waals surface area contributed by atoms with E-state index < -0.39 is 0 Å². The maximum Gasteiger partial charge on any atom is 0.134 e. The summed E-state index contributed by atoms with van der Waals surface area (Å²) in [6, 6.07) is 8.38. The van der Waals surface area contributed by atoms with Crippen LogP contribution in [0, 0.1) is 0 Å². The Labute approximate surface area is 90.1 Å². The summed E-state index contributed by atoms with van der Waals surface area (Å²) in [5.74, 6) is 0.890. The Morgan fingerprint density at radius 2 is 2.07 bits per heavy atom. The molecule has 0 saturated carbocycles. The Hall–Kier alpha value is -1.28. The van der Waals surface area contributed by atoms with Gasteiger partial charge in [0.05, 0.1) is 6.04 Å². The van der Waals surface area contributed by atoms with E-state index in [0.29, 0.717) is 0 Å². The molecule has 0 aliphatic carbocycles. The average Bonchev–Trinajstić information content (AvgIpc) is 2.70. The molecule has 0 saturated heterocycles. The number of hydrogen-bond donors (Lipinski definition) is 1. The predicted molar refractivity (Wildman–Crippen MR) is 62.8 cm³/mol. The summed E-state index contributed by atoms with van der Waals surface area (Å²) in [5.41, 5.74) is 8.20. The summed E-state index contributed by atoms with van der Waals surface area (Å²) in [5, 5.41) is 1.16. The van der Waals surface area contributed by atoms with Crippen molar-refractivity contribution < 1.29 is 4.42 Å². The van der Waals surface area contributed by atoms with Crippen molar-refractivity contribution >= 4 is 11.0 Å². The molecule has 0 aliphatic heterocycles. The lowest BCUT2D eigenvalue weighted by molar-refractivity contribution is 0.488. The van der Waals surface area contributed by atoms with Crippen molar-refractivity contribution in [3.63, 3.8) is 0 Å². The number of rotatable bonds is 3. The zero-order valence-corrected chi connectivity index (χ0v) is 9.29. The fourth-order valence-electron chi connectivity index (χ4n) is 1.72. The van der Waals surface area contributed by atoms with Crippen LogP contribution in [0.3, 0.4) is 0 Å². The van der Waals surface area contributed by atoms with E-state index in [1.807, 2.05) is 6.07 Å². The molecule has 2 nitrogen and oxygen atoms in total. The number of hydrogen-bond acceptors (Lipinski definition) is 2. The van der Waals surface area contributed by atoms with Gasteiger partial charge >= 0.3 is 0 Å². The molecule has 0 radical (unpaired) electrons. The third-order valence-corrected chi connectivity index (χ3v) is 2.81. The van der Waals surface area contributed by atoms with E-state index in [1.54, 1.807) is 0 Å². The van der Waals surface area contributed by atoms with Crippen LogP contribution in [-0.4, -0.2) is 0 Å². The highest BCUT2D eigenvalue weighted by Crippen LogP contribution is 2.25. The highest BCUT2D eigenvalue weighted by atomic mass is 16.3. The molecule has 1 heterocycles. The first-order valence-corrected chi connectivity index (χ1v) is 5.52. The number of benzene rings is 1. The number of nitrogens with two attached hydrogens (primary N) is 1. The Kier molecular flexibility index (Phi) is 2.78. The monoisotopic (exact) mass is 203 g/mol. The van der Waals surface area contributed by atoms with E-state index in [0.717, 1.165) is 29.6 Å². The van der Waals surface area contributed by atoms with Crippen LogP contribution in [0.25, 0.3) is 11.0 Å². The van der Waals surface area contributed by atoms with E-state index in [2.05, 4.69) is 32.0 Å². The van der Waals surface area contributed by atoms with Crippen LogP contribution in [0.4, 0.5) is 0 Å². The number of fused-ring (bicyclic) bond motifs is 1. The molecule has 2 aromatic rings. The van der Waals surface area contributed by atoms with E-state index in [-0.39, 0.29) is 6.04 Å². The molecule has 2 N–H and O–H groups in total. The molecule has 1 aromatic carbocycles. The second-order valence-electron chi connectivity index (χ2n) is 3.89. The highest BCUT2D eigenvalue weighted by Gasteiger charge is 2.09. The minimum atomic E-state index is 0.0162. The Balaban J connectivity index is 2.46. The molecule has 0 spiro atoms. The summed E-state index contributed by atoms with van der Waals surface area (Å²) in [7, 11) is 0. The van der Waals surface area contributed by atoms with E-state index in [9.17, 15) is 0 Å². The van der Waals surface area contributed by atoms with Crippen molar-refractivity contribution in [2.45, 2.75) is 32.7 Å². The molecule has 2 rings (SSSR count). The van der Waals surface area contributed by atoms with Gasteiger partial charge in [-0.1, -0.05) is 19.9 Å². The topological polar surface area (TPSA) is 39.2 Å². The Bertz CT molecular complexity index is 459. The molecule has 15 heavy (non-hydrogen) atoms.